The predicted molar refractivity (Wildman–Crippen MR) is 251 cm³/mol. The van der Waals surface area contributed by atoms with Gasteiger partial charge in [0.2, 0.25) is 0 Å². The van der Waals surface area contributed by atoms with Crippen LogP contribution in [0.25, 0.3) is 0 Å². The van der Waals surface area contributed by atoms with Crippen molar-refractivity contribution in [3.8, 4) is 34.5 Å². The van der Waals surface area contributed by atoms with Crippen LogP contribution in [0, 0.1) is 0 Å². The molecule has 0 radical (unpaired) electrons. The van der Waals surface area contributed by atoms with Gasteiger partial charge in [-0.05, 0) is 104 Å². The Morgan fingerprint density at radius 2 is 0.433 bits per heavy atom. The topological polar surface area (TPSA) is 55.4 Å². The fraction of sp³-hybridized carbons (Fsp3) is 0.556. The van der Waals surface area contributed by atoms with Crippen molar-refractivity contribution in [2.24, 2.45) is 0 Å². The zero-order valence-corrected chi connectivity index (χ0v) is 41.3. The van der Waals surface area contributed by atoms with Crippen LogP contribution in [0.15, 0.2) is 54.6 Å². The van der Waals surface area contributed by atoms with Crippen molar-refractivity contribution in [1.82, 2.24) is 0 Å². The number of ether oxygens (including phenoxy) is 6. The van der Waals surface area contributed by atoms with Gasteiger partial charge in [-0.15, -0.1) is 0 Å². The zero-order valence-electron chi connectivity index (χ0n) is 41.3. The minimum Gasteiger partial charge on any atom is -0.496 e. The van der Waals surface area contributed by atoms with Crippen LogP contribution in [0.4, 0.5) is 0 Å². The molecule has 0 N–H and O–H groups in total. The van der Waals surface area contributed by atoms with Crippen LogP contribution in [-0.2, 0) is 52.3 Å². The van der Waals surface area contributed by atoms with Crippen molar-refractivity contribution in [3.05, 3.63) is 105 Å². The van der Waals surface area contributed by atoms with Crippen molar-refractivity contribution in [3.63, 3.8) is 0 Å². The Bertz CT molecular complexity index is 1860. The van der Waals surface area contributed by atoms with Gasteiger partial charge < -0.3 is 28.4 Å². The lowest BCUT2D eigenvalue weighted by Gasteiger charge is -2.29. The Morgan fingerprint density at radius 1 is 0.267 bits per heavy atom. The summed E-state index contributed by atoms with van der Waals surface area (Å²) in [6.45, 7) is 40.9. The molecule has 0 aliphatic carbocycles. The van der Waals surface area contributed by atoms with Crippen LogP contribution in [0.3, 0.4) is 0 Å². The van der Waals surface area contributed by atoms with Gasteiger partial charge in [-0.25, -0.2) is 0 Å². The normalized spacial score (nSPS) is 12.9. The van der Waals surface area contributed by atoms with Crippen LogP contribution in [0.2, 0.25) is 0 Å². The Hall–Kier alpha value is -4.32. The van der Waals surface area contributed by atoms with E-state index in [0.29, 0.717) is 19.8 Å². The summed E-state index contributed by atoms with van der Waals surface area (Å²) >= 11 is 0. The number of hydrogen-bond acceptors (Lipinski definition) is 6. The molecule has 0 saturated heterocycles. The maximum atomic E-state index is 6.84. The average Bonchev–Trinajstić information content (AvgIpc) is 3.12. The minimum atomic E-state index is -0.169. The van der Waals surface area contributed by atoms with Gasteiger partial charge in [-0.2, -0.15) is 0 Å². The first kappa shape index (κ1) is 48.3. The van der Waals surface area contributed by atoms with E-state index in [-0.39, 0.29) is 32.5 Å². The summed E-state index contributed by atoms with van der Waals surface area (Å²) in [4.78, 5) is 0. The second-order valence-electron chi connectivity index (χ2n) is 22.7. The molecule has 6 nitrogen and oxygen atoms in total. The van der Waals surface area contributed by atoms with E-state index in [1.165, 1.54) is 0 Å². The van der Waals surface area contributed by atoms with Gasteiger partial charge in [0.05, 0.1) is 21.3 Å². The van der Waals surface area contributed by atoms with Gasteiger partial charge >= 0.3 is 0 Å². The molecular weight excluding hydrogens is 745 g/mol. The molecule has 0 aliphatic rings. The Kier molecular flexibility index (Phi) is 14.2. The van der Waals surface area contributed by atoms with E-state index in [9.17, 15) is 0 Å². The molecule has 6 heteroatoms. The molecule has 0 aliphatic heterocycles. The molecule has 0 spiro atoms. The smallest absolute Gasteiger partial charge is 0.124 e. The fourth-order valence-corrected chi connectivity index (χ4v) is 7.63. The highest BCUT2D eigenvalue weighted by atomic mass is 16.5. The lowest BCUT2D eigenvalue weighted by Crippen LogP contribution is -2.18. The average molecular weight is 823 g/mol. The van der Waals surface area contributed by atoms with Crippen LogP contribution >= 0.6 is 0 Å². The highest BCUT2D eigenvalue weighted by molar-refractivity contribution is 5.54. The second kappa shape index (κ2) is 17.6. The molecule has 4 aromatic rings. The first-order valence-electron chi connectivity index (χ1n) is 21.6. The van der Waals surface area contributed by atoms with Crippen molar-refractivity contribution < 1.29 is 28.4 Å². The van der Waals surface area contributed by atoms with Gasteiger partial charge in [0, 0.05) is 33.4 Å². The van der Waals surface area contributed by atoms with Gasteiger partial charge in [0.1, 0.15) is 54.3 Å². The molecule has 0 fully saturated rings. The van der Waals surface area contributed by atoms with E-state index in [1.54, 1.807) is 21.3 Å². The molecule has 4 rings (SSSR count). The Morgan fingerprint density at radius 3 is 0.600 bits per heavy atom. The van der Waals surface area contributed by atoms with E-state index < -0.39 is 0 Å². The molecule has 0 amide bonds. The summed E-state index contributed by atoms with van der Waals surface area (Å²) < 4.78 is 38.3. The fourth-order valence-electron chi connectivity index (χ4n) is 7.63. The van der Waals surface area contributed by atoms with E-state index >= 15 is 0 Å². The third kappa shape index (κ3) is 11.7. The van der Waals surface area contributed by atoms with Gasteiger partial charge in [-0.1, -0.05) is 125 Å². The Balaban J connectivity index is 1.84. The van der Waals surface area contributed by atoms with E-state index in [0.717, 1.165) is 84.6 Å². The molecular formula is C54H78O6. The van der Waals surface area contributed by atoms with Crippen molar-refractivity contribution >= 4 is 0 Å². The molecule has 0 atom stereocenters. The molecule has 4 aromatic carbocycles. The van der Waals surface area contributed by atoms with Crippen LogP contribution in [0.5, 0.6) is 34.5 Å². The molecule has 0 saturated carbocycles. The lowest BCUT2D eigenvalue weighted by atomic mass is 9.81. The molecule has 330 valence electrons. The standard InChI is InChI=1S/C54H78O6/c1-49(2,3)37-28-46(40(52(10,11)12)25-43(37)55-19)58-31-34-22-35(32-59-47-29-38(50(4,5)6)44(56-20)26-41(47)53(13,14)15)24-36(23-34)33-60-48-30-39(51(7,8)9)45(57-21)27-42(48)54(16,17)18/h22-30H,31-33H2,1-21H3. The van der Waals surface area contributed by atoms with E-state index in [1.807, 2.05) is 0 Å². The third-order valence-electron chi connectivity index (χ3n) is 11.0. The maximum absolute atomic E-state index is 6.84. The van der Waals surface area contributed by atoms with Gasteiger partial charge in [0.15, 0.2) is 0 Å². The highest BCUT2D eigenvalue weighted by Crippen LogP contribution is 2.44. The summed E-state index contributed by atoms with van der Waals surface area (Å²) in [5.74, 6) is 5.21. The van der Waals surface area contributed by atoms with E-state index in [4.69, 9.17) is 28.4 Å². The summed E-state index contributed by atoms with van der Waals surface area (Å²) in [7, 11) is 5.24. The van der Waals surface area contributed by atoms with Crippen molar-refractivity contribution in [1.29, 1.82) is 0 Å². The van der Waals surface area contributed by atoms with Crippen LogP contribution in [0.1, 0.15) is 175 Å². The molecule has 0 aromatic heterocycles. The van der Waals surface area contributed by atoms with Gasteiger partial charge in [0.25, 0.3) is 0 Å². The quantitative estimate of drug-likeness (QED) is 0.142. The Labute approximate surface area is 364 Å². The lowest BCUT2D eigenvalue weighted by molar-refractivity contribution is 0.283. The summed E-state index contributed by atoms with van der Waals surface area (Å²) in [5.41, 5.74) is 8.80. The molecule has 0 unspecified atom stereocenters. The van der Waals surface area contributed by atoms with Crippen molar-refractivity contribution in [2.75, 3.05) is 21.3 Å². The zero-order chi connectivity index (χ0) is 45.4. The first-order valence-corrected chi connectivity index (χ1v) is 21.6. The predicted octanol–water partition coefficient (Wildman–Crippen LogP) is 14.2. The molecule has 0 heterocycles. The van der Waals surface area contributed by atoms with E-state index in [2.05, 4.69) is 179 Å². The number of methoxy groups -OCH3 is 3. The van der Waals surface area contributed by atoms with Crippen LogP contribution in [-0.4, -0.2) is 21.3 Å². The van der Waals surface area contributed by atoms with Gasteiger partial charge in [-0.3, -0.25) is 0 Å². The highest BCUT2D eigenvalue weighted by Gasteiger charge is 2.30. The minimum absolute atomic E-state index is 0.137. The maximum Gasteiger partial charge on any atom is 0.124 e. The number of hydrogen-bond donors (Lipinski definition) is 0. The number of benzene rings is 4. The molecule has 0 bridgehead atoms. The summed E-state index contributed by atoms with van der Waals surface area (Å²) in [5, 5.41) is 0. The monoisotopic (exact) mass is 823 g/mol. The van der Waals surface area contributed by atoms with Crippen molar-refractivity contribution in [2.45, 2.75) is 177 Å². The third-order valence-corrected chi connectivity index (χ3v) is 11.0. The first-order chi connectivity index (χ1) is 27.4. The second-order valence-corrected chi connectivity index (χ2v) is 22.7. The summed E-state index contributed by atoms with van der Waals surface area (Å²) in [6.07, 6.45) is 0. The largest absolute Gasteiger partial charge is 0.496 e. The molecule has 60 heavy (non-hydrogen) atoms. The SMILES string of the molecule is COc1cc(C(C)(C)C)c(OCc2cc(COc3cc(C(C)(C)C)c(OC)cc3C(C)(C)C)cc(COc3cc(C(C)(C)C)c(OC)cc3C(C)(C)C)c2)cc1C(C)(C)C. The summed E-state index contributed by atoms with van der Waals surface area (Å²) in [6, 6.07) is 19.6. The number of rotatable bonds is 12. The van der Waals surface area contributed by atoms with Crippen LogP contribution < -0.4 is 28.4 Å².